The summed E-state index contributed by atoms with van der Waals surface area (Å²) in [5, 5.41) is 0. The van der Waals surface area contributed by atoms with Gasteiger partial charge in [-0.15, -0.1) is 0 Å². The Morgan fingerprint density at radius 2 is 1.80 bits per heavy atom. The second-order valence-electron chi connectivity index (χ2n) is 2.81. The van der Waals surface area contributed by atoms with Crippen LogP contribution in [0.25, 0.3) is 11.2 Å². The van der Waals surface area contributed by atoms with Crippen molar-refractivity contribution in [3.63, 3.8) is 0 Å². The topological polar surface area (TPSA) is 72.7 Å². The second kappa shape index (κ2) is 5.47. The van der Waals surface area contributed by atoms with Crippen LogP contribution in [-0.2, 0) is 14.1 Å². The molecule has 0 fully saturated rings. The maximum atomic E-state index is 11.4. The molecule has 0 saturated carbocycles. The van der Waals surface area contributed by atoms with Gasteiger partial charge in [-0.2, -0.15) is 0 Å². The predicted octanol–water partition coefficient (Wildman–Crippen LogP) is -1.80. The first-order chi connectivity index (χ1) is 6.13. The molecule has 1 N–H and O–H groups in total. The largest absolute Gasteiger partial charge is 0.339 e. The van der Waals surface area contributed by atoms with Crippen molar-refractivity contribution >= 4 is 70.3 Å². The minimum atomic E-state index is -0.371. The number of rotatable bonds is 0. The Labute approximate surface area is 129 Å². The van der Waals surface area contributed by atoms with E-state index < -0.39 is 0 Å². The number of nitrogens with one attached hydrogen (secondary N) is 1. The number of aromatic amines is 1. The minimum absolute atomic E-state index is 0. The molecular weight excluding hydrogens is 218 g/mol. The third-order valence-corrected chi connectivity index (χ3v) is 2.03. The maximum Gasteiger partial charge on any atom is 0.332 e. The summed E-state index contributed by atoms with van der Waals surface area (Å²) in [6.07, 6.45) is 1.39. The Bertz CT molecular complexity index is 583. The zero-order valence-electron chi connectivity index (χ0n) is 9.24. The van der Waals surface area contributed by atoms with Gasteiger partial charge in [-0.25, -0.2) is 9.78 Å². The molecule has 15 heavy (non-hydrogen) atoms. The van der Waals surface area contributed by atoms with Gasteiger partial charge in [0, 0.05) is 73.2 Å². The van der Waals surface area contributed by atoms with Crippen LogP contribution in [0.15, 0.2) is 15.9 Å². The Hall–Kier alpha value is 0.150. The first-order valence-electron chi connectivity index (χ1n) is 3.72. The van der Waals surface area contributed by atoms with Crippen molar-refractivity contribution in [2.75, 3.05) is 0 Å². The molecule has 2 radical (unpaired) electrons. The molecule has 70 valence electrons. The van der Waals surface area contributed by atoms with Crippen LogP contribution < -0.4 is 11.2 Å². The molecule has 0 atom stereocenters. The summed E-state index contributed by atoms with van der Waals surface area (Å²) in [4.78, 5) is 29.4. The minimum Gasteiger partial charge on any atom is -0.339 e. The fraction of sp³-hybridized carbons (Fsp3) is 0.286. The molecule has 0 saturated heterocycles. The summed E-state index contributed by atoms with van der Waals surface area (Å²) in [7, 11) is 3.01. The van der Waals surface area contributed by atoms with Crippen molar-refractivity contribution in [3.05, 3.63) is 27.2 Å². The Kier molecular flexibility index (Phi) is 5.52. The summed E-state index contributed by atoms with van der Waals surface area (Å²) >= 11 is 0. The average Bonchev–Trinajstić information content (AvgIpc) is 2.59. The first kappa shape index (κ1) is 15.2. The zero-order valence-corrected chi connectivity index (χ0v) is 13.2. The van der Waals surface area contributed by atoms with Gasteiger partial charge in [0.05, 0.1) is 6.33 Å². The maximum absolute atomic E-state index is 11.4. The summed E-state index contributed by atoms with van der Waals surface area (Å²) in [6.45, 7) is 0. The smallest absolute Gasteiger partial charge is 0.332 e. The first-order valence-corrected chi connectivity index (χ1v) is 3.72. The normalized spacial score (nSPS) is 9.47. The number of aryl methyl sites for hydroxylation is 1. The van der Waals surface area contributed by atoms with Gasteiger partial charge in [0.15, 0.2) is 5.65 Å². The van der Waals surface area contributed by atoms with E-state index in [0.717, 1.165) is 4.57 Å². The van der Waals surface area contributed by atoms with Gasteiger partial charge in [-0.3, -0.25) is 13.9 Å². The molecule has 2 aromatic rings. The number of hydrogen-bond acceptors (Lipinski definition) is 3. The van der Waals surface area contributed by atoms with Crippen LogP contribution in [0, 0.1) is 0 Å². The van der Waals surface area contributed by atoms with Gasteiger partial charge in [0.25, 0.3) is 5.56 Å². The van der Waals surface area contributed by atoms with Crippen molar-refractivity contribution < 1.29 is 0 Å². The molecule has 2 rings (SSSR count). The number of nitrogens with zero attached hydrogens (tertiary/aromatic N) is 3. The number of fused-ring (bicyclic) bond motifs is 1. The van der Waals surface area contributed by atoms with Gasteiger partial charge >= 0.3 is 5.69 Å². The number of aromatic nitrogens is 4. The molecule has 0 amide bonds. The molecule has 2 aromatic heterocycles. The third-order valence-electron chi connectivity index (χ3n) is 2.03. The van der Waals surface area contributed by atoms with E-state index in [1.807, 2.05) is 0 Å². The molecule has 0 spiro atoms. The van der Waals surface area contributed by atoms with Crippen molar-refractivity contribution in [1.82, 2.24) is 19.1 Å². The van der Waals surface area contributed by atoms with E-state index in [2.05, 4.69) is 9.97 Å². The molecule has 6 nitrogen and oxygen atoms in total. The molecule has 0 unspecified atom stereocenters. The standard InChI is InChI=1S/C7H8N4O2.2Na/c1-10-5-4(8-3-9-5)6(12)11(2)7(10)13;;/h3H,1-2H3,(H,8,9);;. The van der Waals surface area contributed by atoms with E-state index in [0.29, 0.717) is 11.2 Å². The zero-order chi connectivity index (χ0) is 9.59. The Balaban J connectivity index is 0.000000980. The van der Waals surface area contributed by atoms with Crippen molar-refractivity contribution in [1.29, 1.82) is 0 Å². The van der Waals surface area contributed by atoms with Crippen LogP contribution in [0.2, 0.25) is 0 Å². The molecular formula is C7H8N4Na2O2. The number of hydrogen-bond donors (Lipinski definition) is 1. The van der Waals surface area contributed by atoms with E-state index in [1.54, 1.807) is 7.05 Å². The van der Waals surface area contributed by atoms with Crippen LogP contribution in [0.5, 0.6) is 0 Å². The van der Waals surface area contributed by atoms with Crippen LogP contribution in [0.4, 0.5) is 0 Å². The third kappa shape index (κ3) is 2.30. The number of imidazole rings is 1. The van der Waals surface area contributed by atoms with Gasteiger partial charge in [0.2, 0.25) is 0 Å². The summed E-state index contributed by atoms with van der Waals surface area (Å²) < 4.78 is 2.37. The van der Waals surface area contributed by atoms with Gasteiger partial charge < -0.3 is 4.98 Å². The van der Waals surface area contributed by atoms with Crippen LogP contribution in [0.3, 0.4) is 0 Å². The SMILES string of the molecule is Cn1c(=O)c2[nH]cnc2n(C)c1=O.[Na].[Na]. The van der Waals surface area contributed by atoms with E-state index in [4.69, 9.17) is 0 Å². The van der Waals surface area contributed by atoms with Crippen molar-refractivity contribution in [2.24, 2.45) is 14.1 Å². The van der Waals surface area contributed by atoms with E-state index >= 15 is 0 Å². The van der Waals surface area contributed by atoms with Crippen molar-refractivity contribution in [2.45, 2.75) is 0 Å². The van der Waals surface area contributed by atoms with E-state index in [1.165, 1.54) is 17.9 Å². The monoisotopic (exact) mass is 226 g/mol. The predicted molar refractivity (Wildman–Crippen MR) is 58.1 cm³/mol. The van der Waals surface area contributed by atoms with Crippen LogP contribution in [-0.4, -0.2) is 78.2 Å². The number of H-pyrrole nitrogens is 1. The summed E-state index contributed by atoms with van der Waals surface area (Å²) in [5.74, 6) is 0. The fourth-order valence-electron chi connectivity index (χ4n) is 1.27. The molecule has 0 aliphatic heterocycles. The molecule has 2 heterocycles. The quantitative estimate of drug-likeness (QED) is 0.538. The average molecular weight is 226 g/mol. The molecule has 0 bridgehead atoms. The Morgan fingerprint density at radius 1 is 1.20 bits per heavy atom. The Morgan fingerprint density at radius 3 is 2.40 bits per heavy atom. The molecule has 0 aliphatic rings. The molecule has 0 aromatic carbocycles. The second-order valence-corrected chi connectivity index (χ2v) is 2.81. The van der Waals surface area contributed by atoms with Gasteiger partial charge in [0.1, 0.15) is 5.52 Å². The fourth-order valence-corrected chi connectivity index (χ4v) is 1.27. The summed E-state index contributed by atoms with van der Waals surface area (Å²) in [6, 6.07) is 0. The van der Waals surface area contributed by atoms with Crippen LogP contribution >= 0.6 is 0 Å². The van der Waals surface area contributed by atoms with Crippen molar-refractivity contribution in [3.8, 4) is 0 Å². The van der Waals surface area contributed by atoms with E-state index in [9.17, 15) is 9.59 Å². The summed E-state index contributed by atoms with van der Waals surface area (Å²) in [5.41, 5.74) is 0.0119. The van der Waals surface area contributed by atoms with Gasteiger partial charge in [-0.05, 0) is 0 Å². The van der Waals surface area contributed by atoms with Gasteiger partial charge in [-0.1, -0.05) is 0 Å². The molecule has 8 heteroatoms. The van der Waals surface area contributed by atoms with E-state index in [-0.39, 0.29) is 70.4 Å². The van der Waals surface area contributed by atoms with Crippen LogP contribution in [0.1, 0.15) is 0 Å². The molecule has 0 aliphatic carbocycles.